The Morgan fingerprint density at radius 3 is 2.58 bits per heavy atom. The maximum absolute atomic E-state index is 5.86. The number of rotatable bonds is 5. The van der Waals surface area contributed by atoms with Crippen LogP contribution in [-0.2, 0) is 16.9 Å². The molecule has 1 aromatic rings. The lowest BCUT2D eigenvalue weighted by molar-refractivity contribution is -0.0724. The van der Waals surface area contributed by atoms with Crippen molar-refractivity contribution in [2.45, 2.75) is 58.6 Å². The van der Waals surface area contributed by atoms with E-state index in [-0.39, 0.29) is 5.60 Å². The Hall–Kier alpha value is -0.870. The maximum Gasteiger partial charge on any atom is 0.138 e. The molecule has 0 aliphatic heterocycles. The molecule has 1 aliphatic rings. The number of hydrogen-bond donors (Lipinski definition) is 2. The largest absolute Gasteiger partial charge is 0.370 e. The first-order chi connectivity index (χ1) is 9.01. The summed E-state index contributed by atoms with van der Waals surface area (Å²) in [4.78, 5) is 8.00. The Morgan fingerprint density at radius 1 is 1.32 bits per heavy atom. The van der Waals surface area contributed by atoms with Crippen LogP contribution in [0.25, 0.3) is 0 Å². The van der Waals surface area contributed by atoms with Crippen molar-refractivity contribution in [3.8, 4) is 0 Å². The molecule has 108 valence electrons. The van der Waals surface area contributed by atoms with Crippen molar-refractivity contribution >= 4 is 0 Å². The predicted octanol–water partition coefficient (Wildman–Crippen LogP) is 2.96. The Labute approximate surface area is 116 Å². The second kappa shape index (κ2) is 5.63. The SMILES string of the molecule is CCNCc1cnc(C2(OC)CCC(C)(C)CC2)[nH]1. The first-order valence-corrected chi connectivity index (χ1v) is 7.31. The van der Waals surface area contributed by atoms with Gasteiger partial charge >= 0.3 is 0 Å². The van der Waals surface area contributed by atoms with E-state index in [1.165, 1.54) is 12.8 Å². The first kappa shape index (κ1) is 14.5. The second-order valence-electron chi connectivity index (χ2n) is 6.40. The molecule has 1 aliphatic carbocycles. The average molecular weight is 265 g/mol. The van der Waals surface area contributed by atoms with Crippen LogP contribution in [0.1, 0.15) is 58.0 Å². The van der Waals surface area contributed by atoms with E-state index in [9.17, 15) is 0 Å². The van der Waals surface area contributed by atoms with E-state index < -0.39 is 0 Å². The van der Waals surface area contributed by atoms with Crippen molar-refractivity contribution < 1.29 is 4.74 Å². The van der Waals surface area contributed by atoms with Gasteiger partial charge in [0.2, 0.25) is 0 Å². The molecule has 1 aromatic heterocycles. The highest BCUT2D eigenvalue weighted by molar-refractivity contribution is 5.11. The van der Waals surface area contributed by atoms with Crippen molar-refractivity contribution in [1.29, 1.82) is 0 Å². The molecule has 0 spiro atoms. The normalized spacial score (nSPS) is 21.5. The van der Waals surface area contributed by atoms with Gasteiger partial charge in [-0.05, 0) is 37.6 Å². The van der Waals surface area contributed by atoms with Crippen molar-refractivity contribution in [3.05, 3.63) is 17.7 Å². The Bertz CT molecular complexity index is 401. The van der Waals surface area contributed by atoms with E-state index in [4.69, 9.17) is 4.74 Å². The van der Waals surface area contributed by atoms with E-state index in [0.29, 0.717) is 5.41 Å². The third kappa shape index (κ3) is 3.18. The van der Waals surface area contributed by atoms with Crippen LogP contribution in [0.3, 0.4) is 0 Å². The molecule has 0 aromatic carbocycles. The van der Waals surface area contributed by atoms with E-state index in [0.717, 1.165) is 37.4 Å². The van der Waals surface area contributed by atoms with Crippen LogP contribution in [0, 0.1) is 5.41 Å². The molecular weight excluding hydrogens is 238 g/mol. The molecule has 1 fully saturated rings. The zero-order valence-corrected chi connectivity index (χ0v) is 12.7. The van der Waals surface area contributed by atoms with Crippen molar-refractivity contribution in [2.24, 2.45) is 5.41 Å². The van der Waals surface area contributed by atoms with E-state index in [1.807, 2.05) is 13.3 Å². The number of aromatic amines is 1. The molecule has 4 nitrogen and oxygen atoms in total. The minimum absolute atomic E-state index is 0.208. The highest BCUT2D eigenvalue weighted by Crippen LogP contribution is 2.46. The van der Waals surface area contributed by atoms with Crippen molar-refractivity contribution in [3.63, 3.8) is 0 Å². The number of aromatic nitrogens is 2. The highest BCUT2D eigenvalue weighted by Gasteiger charge is 2.41. The van der Waals surface area contributed by atoms with Crippen LogP contribution in [0.4, 0.5) is 0 Å². The number of nitrogens with one attached hydrogen (secondary N) is 2. The van der Waals surface area contributed by atoms with Gasteiger partial charge in [-0.2, -0.15) is 0 Å². The summed E-state index contributed by atoms with van der Waals surface area (Å²) in [5.74, 6) is 0.999. The summed E-state index contributed by atoms with van der Waals surface area (Å²) in [6.07, 6.45) is 6.39. The van der Waals surface area contributed by atoms with Gasteiger partial charge in [-0.1, -0.05) is 20.8 Å². The van der Waals surface area contributed by atoms with Crippen LogP contribution >= 0.6 is 0 Å². The van der Waals surface area contributed by atoms with Gasteiger partial charge in [0, 0.05) is 25.5 Å². The molecule has 19 heavy (non-hydrogen) atoms. The monoisotopic (exact) mass is 265 g/mol. The van der Waals surface area contributed by atoms with Crippen LogP contribution in [0.5, 0.6) is 0 Å². The minimum atomic E-state index is -0.208. The zero-order chi connectivity index (χ0) is 13.9. The van der Waals surface area contributed by atoms with Crippen LogP contribution in [0.2, 0.25) is 0 Å². The van der Waals surface area contributed by atoms with Crippen LogP contribution < -0.4 is 5.32 Å². The summed E-state index contributed by atoms with van der Waals surface area (Å²) in [7, 11) is 1.81. The fourth-order valence-corrected chi connectivity index (χ4v) is 2.81. The molecule has 0 saturated heterocycles. The number of imidazole rings is 1. The summed E-state index contributed by atoms with van der Waals surface area (Å²) >= 11 is 0. The number of nitrogens with zero attached hydrogens (tertiary/aromatic N) is 1. The molecule has 0 amide bonds. The lowest BCUT2D eigenvalue weighted by Gasteiger charge is -2.41. The number of ether oxygens (including phenoxy) is 1. The van der Waals surface area contributed by atoms with Crippen molar-refractivity contribution in [1.82, 2.24) is 15.3 Å². The molecule has 0 radical (unpaired) electrons. The van der Waals surface area contributed by atoms with Crippen LogP contribution in [0.15, 0.2) is 6.20 Å². The van der Waals surface area contributed by atoms with Gasteiger partial charge in [-0.3, -0.25) is 0 Å². The molecule has 0 atom stereocenters. The minimum Gasteiger partial charge on any atom is -0.370 e. The standard InChI is InChI=1S/C15H27N3O/c1-5-16-10-12-11-17-13(18-12)15(19-4)8-6-14(2,3)7-9-15/h11,16H,5-10H2,1-4H3,(H,17,18). The molecule has 1 heterocycles. The molecule has 0 unspecified atom stereocenters. The molecule has 0 bridgehead atoms. The molecule has 1 saturated carbocycles. The van der Waals surface area contributed by atoms with Gasteiger partial charge in [0.15, 0.2) is 0 Å². The van der Waals surface area contributed by atoms with E-state index in [2.05, 4.69) is 36.1 Å². The Kier molecular flexibility index (Phi) is 4.31. The Morgan fingerprint density at radius 2 is 2.00 bits per heavy atom. The molecule has 4 heteroatoms. The van der Waals surface area contributed by atoms with Crippen molar-refractivity contribution in [2.75, 3.05) is 13.7 Å². The van der Waals surface area contributed by atoms with Gasteiger partial charge in [0.05, 0.1) is 0 Å². The van der Waals surface area contributed by atoms with Gasteiger partial charge < -0.3 is 15.0 Å². The van der Waals surface area contributed by atoms with Gasteiger partial charge in [0.25, 0.3) is 0 Å². The topological polar surface area (TPSA) is 49.9 Å². The lowest BCUT2D eigenvalue weighted by atomic mass is 9.70. The summed E-state index contributed by atoms with van der Waals surface area (Å²) in [6.45, 7) is 8.60. The summed E-state index contributed by atoms with van der Waals surface area (Å²) in [5, 5.41) is 3.31. The van der Waals surface area contributed by atoms with E-state index >= 15 is 0 Å². The predicted molar refractivity (Wildman–Crippen MR) is 76.9 cm³/mol. The smallest absolute Gasteiger partial charge is 0.138 e. The second-order valence-corrected chi connectivity index (χ2v) is 6.40. The summed E-state index contributed by atoms with van der Waals surface area (Å²) in [6, 6.07) is 0. The third-order valence-corrected chi connectivity index (χ3v) is 4.43. The molecule has 2 rings (SSSR count). The summed E-state index contributed by atoms with van der Waals surface area (Å²) < 4.78 is 5.86. The third-order valence-electron chi connectivity index (χ3n) is 4.43. The lowest BCUT2D eigenvalue weighted by Crippen LogP contribution is -2.37. The molecular formula is C15H27N3O. The quantitative estimate of drug-likeness (QED) is 0.860. The molecule has 2 N–H and O–H groups in total. The number of H-pyrrole nitrogens is 1. The van der Waals surface area contributed by atoms with Gasteiger partial charge in [-0.25, -0.2) is 4.98 Å². The fourth-order valence-electron chi connectivity index (χ4n) is 2.81. The first-order valence-electron chi connectivity index (χ1n) is 7.31. The van der Waals surface area contributed by atoms with E-state index in [1.54, 1.807) is 0 Å². The number of hydrogen-bond acceptors (Lipinski definition) is 3. The number of methoxy groups -OCH3 is 1. The Balaban J connectivity index is 2.11. The average Bonchev–Trinajstić information content (AvgIpc) is 2.86. The van der Waals surface area contributed by atoms with Crippen LogP contribution in [-0.4, -0.2) is 23.6 Å². The maximum atomic E-state index is 5.86. The zero-order valence-electron chi connectivity index (χ0n) is 12.7. The van der Waals surface area contributed by atoms with Gasteiger partial charge in [-0.15, -0.1) is 0 Å². The highest BCUT2D eigenvalue weighted by atomic mass is 16.5. The van der Waals surface area contributed by atoms with Gasteiger partial charge in [0.1, 0.15) is 11.4 Å². The fraction of sp³-hybridized carbons (Fsp3) is 0.800. The summed E-state index contributed by atoms with van der Waals surface area (Å²) in [5.41, 5.74) is 1.36.